The Labute approximate surface area is 150 Å². The molecule has 7 heteroatoms. The summed E-state index contributed by atoms with van der Waals surface area (Å²) in [4.78, 5) is 29.2. The quantitative estimate of drug-likeness (QED) is 0.673. The Kier molecular flexibility index (Phi) is 3.28. The van der Waals surface area contributed by atoms with Crippen LogP contribution in [-0.2, 0) is 11.2 Å². The molecule has 130 valence electrons. The Morgan fingerprint density at radius 2 is 1.92 bits per heavy atom. The molecule has 2 aromatic heterocycles. The molecule has 1 aromatic carbocycles. The summed E-state index contributed by atoms with van der Waals surface area (Å²) in [6, 6.07) is 9.89. The van der Waals surface area contributed by atoms with Crippen molar-refractivity contribution in [1.82, 2.24) is 19.9 Å². The first-order valence-electron chi connectivity index (χ1n) is 8.77. The van der Waals surface area contributed by atoms with Crippen LogP contribution in [0.15, 0.2) is 36.5 Å². The molecule has 0 bridgehead atoms. The van der Waals surface area contributed by atoms with Gasteiger partial charge in [0.1, 0.15) is 5.69 Å². The zero-order valence-corrected chi connectivity index (χ0v) is 14.1. The van der Waals surface area contributed by atoms with Crippen molar-refractivity contribution >= 4 is 17.4 Å². The number of nitrogens with zero attached hydrogens (tertiary/aromatic N) is 3. The lowest BCUT2D eigenvalue weighted by molar-refractivity contribution is -0.117. The topological polar surface area (TPSA) is 110 Å². The molecule has 4 N–H and O–H groups in total. The Hall–Kier alpha value is -3.22. The molecule has 5 rings (SSSR count). The molecule has 3 aromatic rings. The number of aromatic nitrogens is 4. The number of carbonyl (C=O) groups is 1. The third-order valence-electron chi connectivity index (χ3n) is 4.95. The second-order valence-electron chi connectivity index (χ2n) is 6.87. The summed E-state index contributed by atoms with van der Waals surface area (Å²) in [5, 5.41) is 2.83. The number of amides is 1. The number of hydrogen-bond acceptors (Lipinski definition) is 5. The van der Waals surface area contributed by atoms with E-state index in [2.05, 4.69) is 25.3 Å². The van der Waals surface area contributed by atoms with Gasteiger partial charge in [0.2, 0.25) is 5.91 Å². The number of anilines is 2. The van der Waals surface area contributed by atoms with Crippen LogP contribution in [0.5, 0.6) is 0 Å². The van der Waals surface area contributed by atoms with E-state index in [9.17, 15) is 4.79 Å². The van der Waals surface area contributed by atoms with Gasteiger partial charge in [-0.15, -0.1) is 0 Å². The van der Waals surface area contributed by atoms with Crippen molar-refractivity contribution < 1.29 is 4.79 Å². The van der Waals surface area contributed by atoms with E-state index in [1.165, 1.54) is 12.8 Å². The highest BCUT2D eigenvalue weighted by molar-refractivity contribution is 6.05. The van der Waals surface area contributed by atoms with E-state index < -0.39 is 0 Å². The molecule has 1 amide bonds. The summed E-state index contributed by atoms with van der Waals surface area (Å²) in [7, 11) is 0. The number of H-pyrrole nitrogens is 1. The molecule has 1 unspecified atom stereocenters. The van der Waals surface area contributed by atoms with E-state index in [4.69, 9.17) is 5.73 Å². The normalized spacial score (nSPS) is 18.6. The van der Waals surface area contributed by atoms with Gasteiger partial charge in [-0.05, 0) is 24.8 Å². The number of nitrogens with one attached hydrogen (secondary N) is 2. The van der Waals surface area contributed by atoms with E-state index in [0.717, 1.165) is 11.3 Å². The van der Waals surface area contributed by atoms with Gasteiger partial charge < -0.3 is 16.0 Å². The molecule has 1 atom stereocenters. The number of rotatable bonds is 4. The molecule has 2 aliphatic rings. The van der Waals surface area contributed by atoms with Gasteiger partial charge in [-0.3, -0.25) is 4.79 Å². The number of hydrogen-bond donors (Lipinski definition) is 3. The van der Waals surface area contributed by atoms with Crippen molar-refractivity contribution in [2.45, 2.75) is 31.1 Å². The highest BCUT2D eigenvalue weighted by atomic mass is 16.2. The van der Waals surface area contributed by atoms with Gasteiger partial charge in [-0.1, -0.05) is 30.3 Å². The fourth-order valence-electron chi connectivity index (χ4n) is 3.39. The van der Waals surface area contributed by atoms with Gasteiger partial charge in [0, 0.05) is 12.1 Å². The van der Waals surface area contributed by atoms with E-state index in [1.807, 2.05) is 36.5 Å². The predicted molar refractivity (Wildman–Crippen MR) is 97.5 cm³/mol. The number of nitrogens with two attached hydrogens (primary N) is 1. The molecular weight excluding hydrogens is 328 g/mol. The van der Waals surface area contributed by atoms with Gasteiger partial charge in [-0.2, -0.15) is 0 Å². The highest BCUT2D eigenvalue weighted by Gasteiger charge is 2.35. The van der Waals surface area contributed by atoms with Gasteiger partial charge in [0.05, 0.1) is 17.3 Å². The maximum Gasteiger partial charge on any atom is 0.234 e. The minimum absolute atomic E-state index is 0.0971. The third-order valence-corrected chi connectivity index (χ3v) is 4.95. The highest BCUT2D eigenvalue weighted by Crippen LogP contribution is 2.40. The lowest BCUT2D eigenvalue weighted by atomic mass is 9.97. The number of imidazole rings is 1. The van der Waals surface area contributed by atoms with Crippen molar-refractivity contribution in [3.8, 4) is 11.6 Å². The lowest BCUT2D eigenvalue weighted by Crippen LogP contribution is -2.14. The Morgan fingerprint density at radius 3 is 2.69 bits per heavy atom. The molecule has 1 saturated carbocycles. The van der Waals surface area contributed by atoms with Crippen molar-refractivity contribution in [3.05, 3.63) is 53.5 Å². The molecule has 26 heavy (non-hydrogen) atoms. The van der Waals surface area contributed by atoms with Crippen LogP contribution < -0.4 is 11.1 Å². The molecule has 0 saturated heterocycles. The second kappa shape index (κ2) is 5.66. The van der Waals surface area contributed by atoms with E-state index >= 15 is 0 Å². The van der Waals surface area contributed by atoms with Crippen LogP contribution in [0.2, 0.25) is 0 Å². The average Bonchev–Trinajstić information content (AvgIpc) is 3.30. The number of fused-ring (bicyclic) bond motifs is 1. The molecular formula is C19H18N6O. The number of benzene rings is 1. The van der Waals surface area contributed by atoms with Crippen LogP contribution in [0.3, 0.4) is 0 Å². The Balaban J connectivity index is 1.52. The maximum atomic E-state index is 12.5. The predicted octanol–water partition coefficient (Wildman–Crippen LogP) is 2.60. The summed E-state index contributed by atoms with van der Waals surface area (Å²) in [5.74, 6) is 1.37. The molecule has 7 nitrogen and oxygen atoms in total. The first-order valence-corrected chi connectivity index (χ1v) is 8.77. The fourth-order valence-corrected chi connectivity index (χ4v) is 3.39. The smallest absolute Gasteiger partial charge is 0.234 e. The van der Waals surface area contributed by atoms with Gasteiger partial charge in [-0.25, -0.2) is 15.0 Å². The molecule has 1 aliphatic heterocycles. The van der Waals surface area contributed by atoms with Crippen LogP contribution in [0.1, 0.15) is 41.6 Å². The summed E-state index contributed by atoms with van der Waals surface area (Å²) < 4.78 is 0. The molecule has 0 radical (unpaired) electrons. The minimum Gasteiger partial charge on any atom is -0.382 e. The van der Waals surface area contributed by atoms with Gasteiger partial charge in [0.25, 0.3) is 0 Å². The first-order chi connectivity index (χ1) is 12.7. The summed E-state index contributed by atoms with van der Waals surface area (Å²) in [5.41, 5.74) is 9.38. The van der Waals surface area contributed by atoms with Gasteiger partial charge in [0.15, 0.2) is 17.5 Å². The third kappa shape index (κ3) is 2.52. The van der Waals surface area contributed by atoms with E-state index in [0.29, 0.717) is 35.4 Å². The van der Waals surface area contributed by atoms with Crippen molar-refractivity contribution in [1.29, 1.82) is 0 Å². The molecule has 3 heterocycles. The maximum absolute atomic E-state index is 12.5. The number of nitrogen functional groups attached to an aromatic ring is 1. The summed E-state index contributed by atoms with van der Waals surface area (Å²) in [6.45, 7) is 0. The van der Waals surface area contributed by atoms with Crippen molar-refractivity contribution in [3.63, 3.8) is 0 Å². The Bertz CT molecular complexity index is 993. The van der Waals surface area contributed by atoms with Crippen LogP contribution >= 0.6 is 0 Å². The molecule has 0 spiro atoms. The fraction of sp³-hybridized carbons (Fsp3) is 0.263. The second-order valence-corrected chi connectivity index (χ2v) is 6.87. The summed E-state index contributed by atoms with van der Waals surface area (Å²) in [6.07, 6.45) is 4.83. The largest absolute Gasteiger partial charge is 0.382 e. The van der Waals surface area contributed by atoms with E-state index in [-0.39, 0.29) is 17.6 Å². The minimum atomic E-state index is -0.380. The summed E-state index contributed by atoms with van der Waals surface area (Å²) >= 11 is 0. The monoisotopic (exact) mass is 346 g/mol. The zero-order valence-electron chi connectivity index (χ0n) is 14.1. The molecule has 1 fully saturated rings. The lowest BCUT2D eigenvalue weighted by Gasteiger charge is -2.09. The van der Waals surface area contributed by atoms with Crippen LogP contribution in [0.25, 0.3) is 11.6 Å². The SMILES string of the molecule is Nc1nc(-c2nc(C3CC3)c[nH]2)nc2c1NC(=O)C2Cc1ccccc1. The van der Waals surface area contributed by atoms with Crippen LogP contribution in [-0.4, -0.2) is 25.8 Å². The van der Waals surface area contributed by atoms with E-state index in [1.54, 1.807) is 0 Å². The van der Waals surface area contributed by atoms with Gasteiger partial charge >= 0.3 is 0 Å². The first kappa shape index (κ1) is 15.1. The Morgan fingerprint density at radius 1 is 1.12 bits per heavy atom. The molecule has 1 aliphatic carbocycles. The average molecular weight is 346 g/mol. The van der Waals surface area contributed by atoms with Crippen molar-refractivity contribution in [2.24, 2.45) is 0 Å². The number of carbonyl (C=O) groups excluding carboxylic acids is 1. The van der Waals surface area contributed by atoms with Crippen LogP contribution in [0, 0.1) is 0 Å². The van der Waals surface area contributed by atoms with Crippen LogP contribution in [0.4, 0.5) is 11.5 Å². The standard InChI is InChI=1S/C19H18N6O/c20-16-15-14(12(19(26)24-15)8-10-4-2-1-3-5-10)23-18(25-16)17-21-9-13(22-17)11-6-7-11/h1-5,9,11-12H,6-8H2,(H,21,22)(H,24,26)(H2,20,23,25). The zero-order chi connectivity index (χ0) is 17.7. The van der Waals surface area contributed by atoms with Crippen molar-refractivity contribution in [2.75, 3.05) is 11.1 Å². The number of aromatic amines is 1.